The second-order valence-corrected chi connectivity index (χ2v) is 8.86. The van der Waals surface area contributed by atoms with Gasteiger partial charge in [-0.2, -0.15) is 0 Å². The molecule has 164 valence electrons. The van der Waals surface area contributed by atoms with E-state index in [1.54, 1.807) is 18.3 Å². The molecule has 1 amide bonds. The number of nitrogens with one attached hydrogen (secondary N) is 1. The number of anilines is 1. The molecular formula is C24H24N4O3S. The standard InChI is InChI=1S/C24H24N4O3S/c1-14-7-5-9-19(15(14)2)31-22-18(8-6-11-25-22)27-20(29)10-12-28-13-26-23-21(24(28)30)16(3)17(4)32-23/h5-9,11,13H,10,12H2,1-4H3,(H,27,29). The van der Waals surface area contributed by atoms with Gasteiger partial charge in [-0.1, -0.05) is 12.1 Å². The summed E-state index contributed by atoms with van der Waals surface area (Å²) in [6, 6.07) is 9.26. The first-order valence-electron chi connectivity index (χ1n) is 10.3. The first kappa shape index (κ1) is 21.7. The lowest BCUT2D eigenvalue weighted by atomic mass is 10.1. The van der Waals surface area contributed by atoms with Crippen molar-refractivity contribution in [1.82, 2.24) is 14.5 Å². The molecule has 4 rings (SSSR count). The zero-order chi connectivity index (χ0) is 22.8. The fourth-order valence-corrected chi connectivity index (χ4v) is 4.36. The second-order valence-electron chi connectivity index (χ2n) is 7.66. The van der Waals surface area contributed by atoms with E-state index < -0.39 is 0 Å². The summed E-state index contributed by atoms with van der Waals surface area (Å²) in [4.78, 5) is 35.9. The molecule has 0 saturated carbocycles. The van der Waals surface area contributed by atoms with Crippen molar-refractivity contribution in [3.05, 3.63) is 74.8 Å². The summed E-state index contributed by atoms with van der Waals surface area (Å²) in [5.41, 5.74) is 3.42. The number of hydrogen-bond acceptors (Lipinski definition) is 6. The van der Waals surface area contributed by atoms with Crippen LogP contribution in [0, 0.1) is 27.7 Å². The number of carbonyl (C=O) groups is 1. The van der Waals surface area contributed by atoms with Gasteiger partial charge in [0.25, 0.3) is 5.56 Å². The maximum absolute atomic E-state index is 12.8. The van der Waals surface area contributed by atoms with Crippen molar-refractivity contribution in [3.8, 4) is 11.6 Å². The molecule has 0 aliphatic rings. The summed E-state index contributed by atoms with van der Waals surface area (Å²) in [6.45, 7) is 8.12. The van der Waals surface area contributed by atoms with Crippen LogP contribution in [0.1, 0.15) is 28.0 Å². The van der Waals surface area contributed by atoms with Crippen molar-refractivity contribution in [2.45, 2.75) is 40.7 Å². The Morgan fingerprint density at radius 3 is 2.72 bits per heavy atom. The number of rotatable bonds is 6. The lowest BCUT2D eigenvalue weighted by molar-refractivity contribution is -0.116. The molecule has 7 nitrogen and oxygen atoms in total. The Morgan fingerprint density at radius 1 is 1.09 bits per heavy atom. The van der Waals surface area contributed by atoms with Gasteiger partial charge in [-0.05, 0) is 62.6 Å². The fraction of sp³-hybridized carbons (Fsp3) is 0.250. The minimum Gasteiger partial charge on any atom is -0.437 e. The number of aryl methyl sites for hydroxylation is 4. The highest BCUT2D eigenvalue weighted by molar-refractivity contribution is 7.18. The van der Waals surface area contributed by atoms with Gasteiger partial charge in [-0.25, -0.2) is 9.97 Å². The summed E-state index contributed by atoms with van der Waals surface area (Å²) >= 11 is 1.51. The molecule has 0 atom stereocenters. The van der Waals surface area contributed by atoms with Gasteiger partial charge in [0, 0.05) is 24.0 Å². The van der Waals surface area contributed by atoms with Crippen LogP contribution in [-0.2, 0) is 11.3 Å². The maximum atomic E-state index is 12.8. The van der Waals surface area contributed by atoms with Gasteiger partial charge in [0.15, 0.2) is 0 Å². The number of nitrogens with zero attached hydrogens (tertiary/aromatic N) is 3. The lowest BCUT2D eigenvalue weighted by Crippen LogP contribution is -2.23. The van der Waals surface area contributed by atoms with Gasteiger partial charge in [0.2, 0.25) is 11.8 Å². The van der Waals surface area contributed by atoms with Gasteiger partial charge in [-0.3, -0.25) is 14.2 Å². The van der Waals surface area contributed by atoms with Crippen molar-refractivity contribution in [2.75, 3.05) is 5.32 Å². The predicted octanol–water partition coefficient (Wildman–Crippen LogP) is 4.91. The number of amides is 1. The molecule has 0 bridgehead atoms. The van der Waals surface area contributed by atoms with Crippen LogP contribution in [0.3, 0.4) is 0 Å². The molecule has 0 spiro atoms. The van der Waals surface area contributed by atoms with Gasteiger partial charge >= 0.3 is 0 Å². The molecule has 1 aromatic carbocycles. The number of hydrogen-bond donors (Lipinski definition) is 1. The van der Waals surface area contributed by atoms with Crippen LogP contribution in [0.5, 0.6) is 11.6 Å². The van der Waals surface area contributed by atoms with Crippen LogP contribution in [0.25, 0.3) is 10.2 Å². The molecule has 8 heteroatoms. The predicted molar refractivity (Wildman–Crippen MR) is 127 cm³/mol. The van der Waals surface area contributed by atoms with E-state index in [0.717, 1.165) is 26.4 Å². The van der Waals surface area contributed by atoms with Crippen LogP contribution < -0.4 is 15.6 Å². The Labute approximate surface area is 189 Å². The number of ether oxygens (including phenoxy) is 1. The lowest BCUT2D eigenvalue weighted by Gasteiger charge is -2.13. The normalized spacial score (nSPS) is 11.0. The Bertz CT molecular complexity index is 1370. The highest BCUT2D eigenvalue weighted by atomic mass is 32.1. The van der Waals surface area contributed by atoms with E-state index in [0.29, 0.717) is 22.7 Å². The van der Waals surface area contributed by atoms with E-state index in [-0.39, 0.29) is 24.4 Å². The zero-order valence-corrected chi connectivity index (χ0v) is 19.2. The van der Waals surface area contributed by atoms with E-state index in [9.17, 15) is 9.59 Å². The van der Waals surface area contributed by atoms with Crippen LogP contribution in [-0.4, -0.2) is 20.4 Å². The van der Waals surface area contributed by atoms with Crippen molar-refractivity contribution < 1.29 is 9.53 Å². The smallest absolute Gasteiger partial charge is 0.262 e. The van der Waals surface area contributed by atoms with E-state index in [1.807, 2.05) is 45.9 Å². The number of carbonyl (C=O) groups excluding carboxylic acids is 1. The van der Waals surface area contributed by atoms with Crippen LogP contribution in [0.2, 0.25) is 0 Å². The molecule has 32 heavy (non-hydrogen) atoms. The Kier molecular flexibility index (Phi) is 6.05. The number of benzene rings is 1. The van der Waals surface area contributed by atoms with Gasteiger partial charge in [0.1, 0.15) is 16.3 Å². The number of fused-ring (bicyclic) bond motifs is 1. The molecular weight excluding hydrogens is 424 g/mol. The summed E-state index contributed by atoms with van der Waals surface area (Å²) < 4.78 is 7.46. The third-order valence-electron chi connectivity index (χ3n) is 5.54. The molecule has 4 aromatic rings. The topological polar surface area (TPSA) is 86.1 Å². The van der Waals surface area contributed by atoms with Crippen LogP contribution in [0.15, 0.2) is 47.7 Å². The summed E-state index contributed by atoms with van der Waals surface area (Å²) in [5.74, 6) is 0.764. The minimum absolute atomic E-state index is 0.118. The van der Waals surface area contributed by atoms with Gasteiger partial charge in [-0.15, -0.1) is 11.3 Å². The monoisotopic (exact) mass is 448 g/mol. The fourth-order valence-electron chi connectivity index (χ4n) is 3.37. The highest BCUT2D eigenvalue weighted by Gasteiger charge is 2.14. The summed E-state index contributed by atoms with van der Waals surface area (Å²) in [7, 11) is 0. The van der Waals surface area contributed by atoms with Crippen molar-refractivity contribution in [3.63, 3.8) is 0 Å². The Hall–Kier alpha value is -3.52. The maximum Gasteiger partial charge on any atom is 0.262 e. The van der Waals surface area contributed by atoms with Crippen LogP contribution >= 0.6 is 11.3 Å². The molecule has 1 N–H and O–H groups in total. The molecule has 0 aliphatic carbocycles. The highest BCUT2D eigenvalue weighted by Crippen LogP contribution is 2.30. The second kappa shape index (κ2) is 8.92. The zero-order valence-electron chi connectivity index (χ0n) is 18.4. The third-order valence-corrected chi connectivity index (χ3v) is 6.66. The van der Waals surface area contributed by atoms with Crippen molar-refractivity contribution >= 4 is 33.1 Å². The molecule has 0 fully saturated rings. The molecule has 0 unspecified atom stereocenters. The Morgan fingerprint density at radius 2 is 1.91 bits per heavy atom. The minimum atomic E-state index is -0.242. The quantitative estimate of drug-likeness (QED) is 0.453. The summed E-state index contributed by atoms with van der Waals surface area (Å²) in [6.07, 6.45) is 3.24. The van der Waals surface area contributed by atoms with Gasteiger partial charge < -0.3 is 10.1 Å². The van der Waals surface area contributed by atoms with E-state index in [2.05, 4.69) is 15.3 Å². The van der Waals surface area contributed by atoms with Crippen LogP contribution in [0.4, 0.5) is 5.69 Å². The molecule has 3 heterocycles. The number of pyridine rings is 1. The number of thiophene rings is 1. The molecule has 0 aliphatic heterocycles. The van der Waals surface area contributed by atoms with E-state index in [1.165, 1.54) is 22.2 Å². The SMILES string of the molecule is Cc1cccc(Oc2ncccc2NC(=O)CCn2cnc3sc(C)c(C)c3c2=O)c1C. The molecule has 3 aromatic heterocycles. The molecule has 0 radical (unpaired) electrons. The van der Waals surface area contributed by atoms with E-state index >= 15 is 0 Å². The van der Waals surface area contributed by atoms with Gasteiger partial charge in [0.05, 0.1) is 11.7 Å². The largest absolute Gasteiger partial charge is 0.437 e. The first-order chi connectivity index (χ1) is 15.3. The summed E-state index contributed by atoms with van der Waals surface area (Å²) in [5, 5.41) is 3.48. The van der Waals surface area contributed by atoms with Crippen molar-refractivity contribution in [1.29, 1.82) is 0 Å². The number of aromatic nitrogens is 3. The van der Waals surface area contributed by atoms with E-state index in [4.69, 9.17) is 4.74 Å². The Balaban J connectivity index is 1.48. The average Bonchev–Trinajstić information content (AvgIpc) is 3.06. The van der Waals surface area contributed by atoms with Crippen molar-refractivity contribution in [2.24, 2.45) is 0 Å². The first-order valence-corrected chi connectivity index (χ1v) is 11.1. The average molecular weight is 449 g/mol. The molecule has 0 saturated heterocycles. The third kappa shape index (κ3) is 4.27.